The Morgan fingerprint density at radius 3 is 2.33 bits per heavy atom. The second kappa shape index (κ2) is 10.4. The first-order valence-corrected chi connectivity index (χ1v) is 12.0. The van der Waals surface area contributed by atoms with Crippen molar-refractivity contribution in [2.75, 3.05) is 19.6 Å². The van der Waals surface area contributed by atoms with Gasteiger partial charge >= 0.3 is 0 Å². The molecule has 3 fully saturated rings. The van der Waals surface area contributed by atoms with Crippen molar-refractivity contribution in [3.8, 4) is 0 Å². The monoisotopic (exact) mass is 411 g/mol. The number of carbonyl (C=O) groups is 2. The van der Waals surface area contributed by atoms with E-state index in [-0.39, 0.29) is 23.8 Å². The lowest BCUT2D eigenvalue weighted by molar-refractivity contribution is -0.141. The Labute approximate surface area is 181 Å². The Bertz CT molecular complexity index is 692. The molecule has 1 aromatic rings. The minimum Gasteiger partial charge on any atom is -0.353 e. The molecule has 4 rings (SSSR count). The zero-order valence-electron chi connectivity index (χ0n) is 18.2. The zero-order chi connectivity index (χ0) is 20.8. The van der Waals surface area contributed by atoms with Gasteiger partial charge in [-0.25, -0.2) is 0 Å². The molecule has 0 radical (unpaired) electrons. The van der Waals surface area contributed by atoms with E-state index in [0.29, 0.717) is 25.4 Å². The van der Waals surface area contributed by atoms with E-state index in [1.54, 1.807) is 0 Å². The van der Waals surface area contributed by atoms with Crippen LogP contribution in [0, 0.1) is 5.92 Å². The van der Waals surface area contributed by atoms with Crippen molar-refractivity contribution >= 4 is 11.8 Å². The molecular formula is C25H37N3O2. The summed E-state index contributed by atoms with van der Waals surface area (Å²) < 4.78 is 0. The highest BCUT2D eigenvalue weighted by Crippen LogP contribution is 2.27. The van der Waals surface area contributed by atoms with Gasteiger partial charge in [-0.05, 0) is 37.7 Å². The molecule has 5 heteroatoms. The fraction of sp³-hybridized carbons (Fsp3) is 0.680. The molecule has 1 aromatic carbocycles. The molecule has 3 aliphatic rings. The second-order valence-electron chi connectivity index (χ2n) is 9.47. The molecule has 0 spiro atoms. The third kappa shape index (κ3) is 5.63. The number of hydrogen-bond donors (Lipinski definition) is 1. The Hall–Kier alpha value is -1.88. The van der Waals surface area contributed by atoms with Crippen molar-refractivity contribution in [1.82, 2.24) is 15.1 Å². The quantitative estimate of drug-likeness (QED) is 0.751. The highest BCUT2D eigenvalue weighted by Gasteiger charge is 2.35. The van der Waals surface area contributed by atoms with Gasteiger partial charge in [-0.1, -0.05) is 56.0 Å². The molecule has 1 saturated carbocycles. The molecule has 5 nitrogen and oxygen atoms in total. The number of likely N-dealkylation sites (tertiary alicyclic amines) is 2. The molecule has 2 amide bonds. The van der Waals surface area contributed by atoms with E-state index < -0.39 is 0 Å². The van der Waals surface area contributed by atoms with Crippen molar-refractivity contribution in [3.05, 3.63) is 35.9 Å². The van der Waals surface area contributed by atoms with Crippen LogP contribution < -0.4 is 5.32 Å². The van der Waals surface area contributed by atoms with Gasteiger partial charge in [0.2, 0.25) is 11.8 Å². The Balaban J connectivity index is 1.24. The van der Waals surface area contributed by atoms with Crippen LogP contribution in [0.25, 0.3) is 0 Å². The summed E-state index contributed by atoms with van der Waals surface area (Å²) in [6, 6.07) is 11.2. The molecule has 0 unspecified atom stereocenters. The van der Waals surface area contributed by atoms with Crippen molar-refractivity contribution in [3.63, 3.8) is 0 Å². The summed E-state index contributed by atoms with van der Waals surface area (Å²) in [5.74, 6) is 0.399. The normalized spacial score (nSPS) is 25.1. The fourth-order valence-electron chi connectivity index (χ4n) is 5.40. The third-order valence-corrected chi connectivity index (χ3v) is 7.26. The average molecular weight is 412 g/mol. The molecule has 30 heavy (non-hydrogen) atoms. The van der Waals surface area contributed by atoms with Gasteiger partial charge < -0.3 is 10.2 Å². The Morgan fingerprint density at radius 2 is 1.63 bits per heavy atom. The summed E-state index contributed by atoms with van der Waals surface area (Å²) in [5, 5.41) is 3.32. The van der Waals surface area contributed by atoms with Crippen molar-refractivity contribution < 1.29 is 9.59 Å². The maximum Gasteiger partial charge on any atom is 0.225 e. The number of piperidine rings is 2. The van der Waals surface area contributed by atoms with E-state index in [2.05, 4.69) is 45.4 Å². The van der Waals surface area contributed by atoms with Crippen LogP contribution in [-0.4, -0.2) is 53.3 Å². The van der Waals surface area contributed by atoms with E-state index in [1.807, 2.05) is 0 Å². The van der Waals surface area contributed by atoms with Crippen molar-refractivity contribution in [2.24, 2.45) is 5.92 Å². The second-order valence-corrected chi connectivity index (χ2v) is 9.47. The molecule has 0 bridgehead atoms. The summed E-state index contributed by atoms with van der Waals surface area (Å²) >= 11 is 0. The lowest BCUT2D eigenvalue weighted by Crippen LogP contribution is -2.52. The average Bonchev–Trinajstić information content (AvgIpc) is 3.06. The standard InChI is InChI=1S/C25H37N3O2/c29-24-13-12-21(19-28(24)23-10-6-1-2-7-11-23)25(30)26-22-14-16-27(17-15-22)18-20-8-4-3-5-9-20/h3-5,8-9,21-23H,1-2,6-7,10-19H2,(H,26,30)/t21-/m1/s1. The topological polar surface area (TPSA) is 52.7 Å². The predicted octanol–water partition coefficient (Wildman–Crippen LogP) is 3.73. The molecular weight excluding hydrogens is 374 g/mol. The van der Waals surface area contributed by atoms with Crippen LogP contribution in [0.1, 0.15) is 69.8 Å². The van der Waals surface area contributed by atoms with Gasteiger partial charge in [0.1, 0.15) is 0 Å². The highest BCUT2D eigenvalue weighted by molar-refractivity contribution is 5.84. The van der Waals surface area contributed by atoms with Gasteiger partial charge in [-0.3, -0.25) is 14.5 Å². The van der Waals surface area contributed by atoms with Crippen LogP contribution in [0.3, 0.4) is 0 Å². The van der Waals surface area contributed by atoms with Crippen LogP contribution >= 0.6 is 0 Å². The number of benzene rings is 1. The van der Waals surface area contributed by atoms with Gasteiger partial charge in [0, 0.05) is 44.7 Å². The smallest absolute Gasteiger partial charge is 0.225 e. The van der Waals surface area contributed by atoms with Gasteiger partial charge in [0.25, 0.3) is 0 Å². The minimum absolute atomic E-state index is 0.0340. The number of carbonyl (C=O) groups excluding carboxylic acids is 2. The lowest BCUT2D eigenvalue weighted by Gasteiger charge is -2.38. The summed E-state index contributed by atoms with van der Waals surface area (Å²) in [7, 11) is 0. The van der Waals surface area contributed by atoms with Crippen LogP contribution in [0.2, 0.25) is 0 Å². The van der Waals surface area contributed by atoms with Gasteiger partial charge in [0.05, 0.1) is 5.92 Å². The number of rotatable bonds is 5. The fourth-order valence-corrected chi connectivity index (χ4v) is 5.40. The molecule has 1 aliphatic carbocycles. The largest absolute Gasteiger partial charge is 0.353 e. The minimum atomic E-state index is -0.0340. The van der Waals surface area contributed by atoms with Crippen LogP contribution in [0.4, 0.5) is 0 Å². The SMILES string of the molecule is O=C(NC1CCN(Cc2ccccc2)CC1)[C@@H]1CCC(=O)N(C2CCCCCC2)C1. The molecule has 2 aliphatic heterocycles. The zero-order valence-corrected chi connectivity index (χ0v) is 18.2. The first-order chi connectivity index (χ1) is 14.7. The van der Waals surface area contributed by atoms with Crippen molar-refractivity contribution in [1.29, 1.82) is 0 Å². The predicted molar refractivity (Wildman–Crippen MR) is 119 cm³/mol. The number of nitrogens with one attached hydrogen (secondary N) is 1. The summed E-state index contributed by atoms with van der Waals surface area (Å²) in [6.45, 7) is 3.67. The summed E-state index contributed by atoms with van der Waals surface area (Å²) in [5.41, 5.74) is 1.35. The van der Waals surface area contributed by atoms with Crippen LogP contribution in [0.15, 0.2) is 30.3 Å². The molecule has 2 saturated heterocycles. The van der Waals surface area contributed by atoms with E-state index in [0.717, 1.165) is 45.3 Å². The number of amides is 2. The molecule has 2 heterocycles. The highest BCUT2D eigenvalue weighted by atomic mass is 16.2. The molecule has 1 atom stereocenters. The first kappa shape index (κ1) is 21.4. The van der Waals surface area contributed by atoms with Crippen LogP contribution in [-0.2, 0) is 16.1 Å². The maximum atomic E-state index is 13.0. The Kier molecular flexibility index (Phi) is 7.42. The van der Waals surface area contributed by atoms with E-state index >= 15 is 0 Å². The molecule has 0 aromatic heterocycles. The third-order valence-electron chi connectivity index (χ3n) is 7.26. The van der Waals surface area contributed by atoms with E-state index in [4.69, 9.17) is 0 Å². The van der Waals surface area contributed by atoms with Crippen LogP contribution in [0.5, 0.6) is 0 Å². The van der Waals surface area contributed by atoms with Gasteiger partial charge in [0.15, 0.2) is 0 Å². The van der Waals surface area contributed by atoms with Gasteiger partial charge in [-0.2, -0.15) is 0 Å². The van der Waals surface area contributed by atoms with E-state index in [1.165, 1.54) is 31.2 Å². The summed E-state index contributed by atoms with van der Waals surface area (Å²) in [6.07, 6.45) is 10.5. The molecule has 164 valence electrons. The number of hydrogen-bond acceptors (Lipinski definition) is 3. The maximum absolute atomic E-state index is 13.0. The summed E-state index contributed by atoms with van der Waals surface area (Å²) in [4.78, 5) is 30.1. The Morgan fingerprint density at radius 1 is 0.933 bits per heavy atom. The van der Waals surface area contributed by atoms with Crippen molar-refractivity contribution in [2.45, 2.75) is 82.8 Å². The van der Waals surface area contributed by atoms with E-state index in [9.17, 15) is 9.59 Å². The molecule has 1 N–H and O–H groups in total. The number of nitrogens with zero attached hydrogens (tertiary/aromatic N) is 2. The lowest BCUT2D eigenvalue weighted by atomic mass is 9.93. The first-order valence-electron chi connectivity index (χ1n) is 12.0. The van der Waals surface area contributed by atoms with Gasteiger partial charge in [-0.15, -0.1) is 0 Å².